The summed E-state index contributed by atoms with van der Waals surface area (Å²) >= 11 is 0. The smallest absolute Gasteiger partial charge is 0.154 e. The molecule has 2 atom stereocenters. The van der Waals surface area contributed by atoms with E-state index >= 15 is 0 Å². The first-order valence-corrected chi connectivity index (χ1v) is 11.3. The second kappa shape index (κ2) is 10.1. The fourth-order valence-corrected chi connectivity index (χ4v) is 4.11. The molecule has 0 spiro atoms. The predicted octanol–water partition coefficient (Wildman–Crippen LogP) is 4.34. The van der Waals surface area contributed by atoms with Crippen LogP contribution in [0.25, 0.3) is 0 Å². The van der Waals surface area contributed by atoms with E-state index in [0.717, 1.165) is 17.4 Å². The molecule has 2 aromatic carbocycles. The molecule has 2 rings (SSSR count). The molecule has 3 N–H and O–H groups in total. The quantitative estimate of drug-likeness (QED) is 0.554. The van der Waals surface area contributed by atoms with Crippen LogP contribution in [0, 0.1) is 11.6 Å². The van der Waals surface area contributed by atoms with Crippen molar-refractivity contribution in [3.8, 4) is 5.75 Å². The van der Waals surface area contributed by atoms with Crippen molar-refractivity contribution in [2.24, 2.45) is 0 Å². The van der Waals surface area contributed by atoms with Gasteiger partial charge in [-0.1, -0.05) is 12.1 Å². The Morgan fingerprint density at radius 2 is 1.71 bits per heavy atom. The van der Waals surface area contributed by atoms with E-state index in [1.807, 2.05) is 36.2 Å². The van der Waals surface area contributed by atoms with Gasteiger partial charge in [0.05, 0.1) is 34.1 Å². The SMILES string of the molecule is COc1ccc(CN(C)CC[C@](C)(N[S@@](=O)C(C)(C)C)c2c(F)ccc(N)c2F)cc1. The maximum absolute atomic E-state index is 14.9. The lowest BCUT2D eigenvalue weighted by atomic mass is 9.88. The molecule has 0 saturated heterocycles. The summed E-state index contributed by atoms with van der Waals surface area (Å²) in [4.78, 5) is 2.05. The van der Waals surface area contributed by atoms with Crippen molar-refractivity contribution in [1.82, 2.24) is 9.62 Å². The minimum atomic E-state index is -1.54. The number of anilines is 1. The maximum Gasteiger partial charge on any atom is 0.154 e. The van der Waals surface area contributed by atoms with Crippen LogP contribution in [0.1, 0.15) is 45.2 Å². The first-order chi connectivity index (χ1) is 14.4. The van der Waals surface area contributed by atoms with Crippen molar-refractivity contribution in [1.29, 1.82) is 0 Å². The second-order valence-electron chi connectivity index (χ2n) is 8.98. The number of ether oxygens (including phenoxy) is 1. The van der Waals surface area contributed by atoms with E-state index < -0.39 is 32.9 Å². The van der Waals surface area contributed by atoms with Gasteiger partial charge in [-0.15, -0.1) is 0 Å². The number of methoxy groups -OCH3 is 1. The highest BCUT2D eigenvalue weighted by atomic mass is 32.2. The Balaban J connectivity index is 2.26. The third-order valence-electron chi connectivity index (χ3n) is 5.15. The average molecular weight is 454 g/mol. The first kappa shape index (κ1) is 25.2. The van der Waals surface area contributed by atoms with Crippen LogP contribution in [0.5, 0.6) is 5.75 Å². The van der Waals surface area contributed by atoms with E-state index in [2.05, 4.69) is 4.72 Å². The van der Waals surface area contributed by atoms with Gasteiger partial charge >= 0.3 is 0 Å². The highest BCUT2D eigenvalue weighted by Gasteiger charge is 2.37. The Kier molecular flexibility index (Phi) is 8.19. The molecule has 0 heterocycles. The normalized spacial score (nSPS) is 15.0. The standard InChI is InChI=1S/C23H33F2N3O2S/c1-22(2,3)31(29)27-23(4,20-18(24)11-12-19(26)21(20)25)13-14-28(5)15-16-7-9-17(30-6)10-8-16/h7-12,27H,13-15,26H2,1-6H3/t23-,31-/m0/s1. The van der Waals surface area contributed by atoms with Crippen LogP contribution < -0.4 is 15.2 Å². The summed E-state index contributed by atoms with van der Waals surface area (Å²) in [6.45, 7) is 8.23. The lowest BCUT2D eigenvalue weighted by molar-refractivity contribution is 0.265. The molecule has 0 saturated carbocycles. The molecule has 0 aromatic heterocycles. The van der Waals surface area contributed by atoms with Crippen molar-refractivity contribution >= 4 is 16.7 Å². The average Bonchev–Trinajstić information content (AvgIpc) is 2.69. The van der Waals surface area contributed by atoms with Gasteiger partial charge in [-0.2, -0.15) is 0 Å². The molecule has 5 nitrogen and oxygen atoms in total. The molecule has 0 radical (unpaired) electrons. The number of nitrogens with two attached hydrogens (primary N) is 1. The third kappa shape index (κ3) is 6.48. The number of halogens is 2. The topological polar surface area (TPSA) is 67.6 Å². The number of hydrogen-bond donors (Lipinski definition) is 2. The molecule has 0 amide bonds. The highest BCUT2D eigenvalue weighted by Crippen LogP contribution is 2.34. The maximum atomic E-state index is 14.9. The summed E-state index contributed by atoms with van der Waals surface area (Å²) in [6, 6.07) is 10.1. The molecule has 2 aromatic rings. The monoisotopic (exact) mass is 453 g/mol. The lowest BCUT2D eigenvalue weighted by Crippen LogP contribution is -2.48. The minimum Gasteiger partial charge on any atom is -0.497 e. The van der Waals surface area contributed by atoms with Gasteiger partial charge in [-0.25, -0.2) is 17.7 Å². The molecule has 172 valence electrons. The van der Waals surface area contributed by atoms with E-state index in [1.165, 1.54) is 6.07 Å². The molecule has 8 heteroatoms. The van der Waals surface area contributed by atoms with E-state index in [4.69, 9.17) is 10.5 Å². The lowest BCUT2D eigenvalue weighted by Gasteiger charge is -2.35. The predicted molar refractivity (Wildman–Crippen MR) is 123 cm³/mol. The zero-order valence-corrected chi connectivity index (χ0v) is 19.9. The summed E-state index contributed by atoms with van der Waals surface area (Å²) in [7, 11) is 2.00. The Morgan fingerprint density at radius 1 is 1.10 bits per heavy atom. The minimum absolute atomic E-state index is 0.141. The molecular weight excluding hydrogens is 420 g/mol. The highest BCUT2D eigenvalue weighted by molar-refractivity contribution is 7.84. The van der Waals surface area contributed by atoms with Crippen LogP contribution in [0.3, 0.4) is 0 Å². The number of benzene rings is 2. The van der Waals surface area contributed by atoms with E-state index in [9.17, 15) is 13.0 Å². The molecule has 0 unspecified atom stereocenters. The van der Waals surface area contributed by atoms with Gasteiger partial charge in [0.2, 0.25) is 0 Å². The summed E-state index contributed by atoms with van der Waals surface area (Å²) in [5.74, 6) is -0.760. The Hall–Kier alpha value is -2.03. The summed E-state index contributed by atoms with van der Waals surface area (Å²) < 4.78 is 50.1. The zero-order valence-electron chi connectivity index (χ0n) is 19.1. The molecule has 31 heavy (non-hydrogen) atoms. The summed E-state index contributed by atoms with van der Waals surface area (Å²) in [5, 5.41) is 0. The van der Waals surface area contributed by atoms with Gasteiger partial charge in [0, 0.05) is 18.7 Å². The number of nitrogens with zero attached hydrogens (tertiary/aromatic N) is 1. The Bertz CT molecular complexity index is 916. The first-order valence-electron chi connectivity index (χ1n) is 10.1. The van der Waals surface area contributed by atoms with Gasteiger partial charge in [0.25, 0.3) is 0 Å². The fraction of sp³-hybridized carbons (Fsp3) is 0.478. The van der Waals surface area contributed by atoms with Gasteiger partial charge in [0.15, 0.2) is 5.82 Å². The van der Waals surface area contributed by atoms with E-state index in [1.54, 1.807) is 34.8 Å². The molecule has 0 bridgehead atoms. The summed E-state index contributed by atoms with van der Waals surface area (Å²) in [5.41, 5.74) is 5.24. The number of nitrogens with one attached hydrogen (secondary N) is 1. The largest absolute Gasteiger partial charge is 0.497 e. The summed E-state index contributed by atoms with van der Waals surface area (Å²) in [6.07, 6.45) is 0.318. The van der Waals surface area contributed by atoms with Crippen molar-refractivity contribution in [3.63, 3.8) is 0 Å². The molecule has 0 aliphatic rings. The fourth-order valence-electron chi connectivity index (χ4n) is 3.20. The van der Waals surface area contributed by atoms with Crippen LogP contribution >= 0.6 is 0 Å². The van der Waals surface area contributed by atoms with Crippen LogP contribution in [0.4, 0.5) is 14.5 Å². The van der Waals surface area contributed by atoms with E-state index in [0.29, 0.717) is 19.5 Å². The Labute approximate surface area is 186 Å². The van der Waals surface area contributed by atoms with Gasteiger partial charge < -0.3 is 15.4 Å². The van der Waals surface area contributed by atoms with Crippen LogP contribution in [0.2, 0.25) is 0 Å². The van der Waals surface area contributed by atoms with E-state index in [-0.39, 0.29) is 11.3 Å². The molecule has 0 aliphatic carbocycles. The third-order valence-corrected chi connectivity index (χ3v) is 6.90. The Morgan fingerprint density at radius 3 is 2.26 bits per heavy atom. The second-order valence-corrected chi connectivity index (χ2v) is 10.9. The molecule has 0 fully saturated rings. The van der Waals surface area contributed by atoms with Gasteiger partial charge in [0.1, 0.15) is 11.6 Å². The van der Waals surface area contributed by atoms with Gasteiger partial charge in [-0.3, -0.25) is 0 Å². The van der Waals surface area contributed by atoms with Crippen LogP contribution in [-0.2, 0) is 23.1 Å². The van der Waals surface area contributed by atoms with Crippen molar-refractivity contribution in [2.45, 2.75) is 50.9 Å². The van der Waals surface area contributed by atoms with Gasteiger partial charge in [-0.05, 0) is 71.0 Å². The molecule has 0 aliphatic heterocycles. The zero-order chi connectivity index (χ0) is 23.4. The van der Waals surface area contributed by atoms with Crippen LogP contribution in [-0.4, -0.2) is 34.6 Å². The van der Waals surface area contributed by atoms with Crippen molar-refractivity contribution in [2.75, 3.05) is 26.4 Å². The number of nitrogen functional groups attached to an aromatic ring is 1. The van der Waals surface area contributed by atoms with Crippen LogP contribution in [0.15, 0.2) is 36.4 Å². The molecular formula is C23H33F2N3O2S. The van der Waals surface area contributed by atoms with Crippen molar-refractivity contribution in [3.05, 3.63) is 59.2 Å². The number of rotatable bonds is 9. The number of hydrogen-bond acceptors (Lipinski definition) is 4. The van der Waals surface area contributed by atoms with Crippen molar-refractivity contribution < 1.29 is 17.7 Å².